The maximum atomic E-state index is 12.3. The molecule has 1 aromatic carbocycles. The van der Waals surface area contributed by atoms with Crippen LogP contribution in [0.15, 0.2) is 41.4 Å². The summed E-state index contributed by atoms with van der Waals surface area (Å²) in [6, 6.07) is 9.71. The second kappa shape index (κ2) is 5.31. The second-order valence-corrected chi connectivity index (χ2v) is 6.01. The topological polar surface area (TPSA) is 82.8 Å². The van der Waals surface area contributed by atoms with Crippen molar-refractivity contribution in [2.75, 3.05) is 4.72 Å². The lowest BCUT2D eigenvalue weighted by molar-refractivity contribution is 0.601. The molecular weight excluding hydrogens is 274 g/mol. The minimum atomic E-state index is -3.68. The number of aromatic nitrogens is 1. The fourth-order valence-electron chi connectivity index (χ4n) is 1.72. The molecule has 0 atom stereocenters. The summed E-state index contributed by atoms with van der Waals surface area (Å²) in [5.74, 6) is 0. The summed E-state index contributed by atoms with van der Waals surface area (Å²) in [5, 5.41) is 8.86. The summed E-state index contributed by atoms with van der Waals surface area (Å²) in [6.45, 7) is 3.43. The van der Waals surface area contributed by atoms with Gasteiger partial charge in [-0.2, -0.15) is 5.26 Å². The highest BCUT2D eigenvalue weighted by Crippen LogP contribution is 2.20. The highest BCUT2D eigenvalue weighted by Gasteiger charge is 2.16. The molecule has 0 fully saturated rings. The van der Waals surface area contributed by atoms with E-state index in [2.05, 4.69) is 9.71 Å². The van der Waals surface area contributed by atoms with Crippen LogP contribution in [0.1, 0.15) is 16.8 Å². The number of nitriles is 1. The van der Waals surface area contributed by atoms with Gasteiger partial charge in [-0.1, -0.05) is 0 Å². The van der Waals surface area contributed by atoms with Crippen molar-refractivity contribution in [2.24, 2.45) is 0 Å². The van der Waals surface area contributed by atoms with Crippen molar-refractivity contribution in [1.29, 1.82) is 5.26 Å². The van der Waals surface area contributed by atoms with E-state index in [1.807, 2.05) is 6.07 Å². The molecule has 0 saturated heterocycles. The van der Waals surface area contributed by atoms with Crippen LogP contribution in [0.2, 0.25) is 0 Å². The van der Waals surface area contributed by atoms with Crippen LogP contribution in [0.4, 0.5) is 5.69 Å². The van der Waals surface area contributed by atoms with Gasteiger partial charge >= 0.3 is 0 Å². The monoisotopic (exact) mass is 287 g/mol. The minimum absolute atomic E-state index is 0.122. The van der Waals surface area contributed by atoms with Crippen molar-refractivity contribution in [3.63, 3.8) is 0 Å². The average Bonchev–Trinajstić information content (AvgIpc) is 2.41. The number of nitrogens with zero attached hydrogens (tertiary/aromatic N) is 2. The number of rotatable bonds is 3. The Kier molecular flexibility index (Phi) is 3.72. The van der Waals surface area contributed by atoms with Gasteiger partial charge in [-0.05, 0) is 49.7 Å². The molecule has 1 N–H and O–H groups in total. The molecule has 0 saturated carbocycles. The zero-order valence-electron chi connectivity index (χ0n) is 11.1. The highest BCUT2D eigenvalue weighted by atomic mass is 32.2. The first-order chi connectivity index (χ1) is 9.44. The number of pyridine rings is 1. The molecule has 0 bridgehead atoms. The van der Waals surface area contributed by atoms with Gasteiger partial charge in [0, 0.05) is 6.20 Å². The van der Waals surface area contributed by atoms with E-state index in [1.54, 1.807) is 32.2 Å². The summed E-state index contributed by atoms with van der Waals surface area (Å²) in [6.07, 6.45) is 1.60. The molecular formula is C14H13N3O2S. The van der Waals surface area contributed by atoms with Crippen molar-refractivity contribution >= 4 is 15.7 Å². The van der Waals surface area contributed by atoms with Gasteiger partial charge in [-0.25, -0.2) is 8.42 Å². The van der Waals surface area contributed by atoms with Gasteiger partial charge in [-0.3, -0.25) is 9.71 Å². The molecule has 102 valence electrons. The van der Waals surface area contributed by atoms with Gasteiger partial charge in [0.1, 0.15) is 0 Å². The standard InChI is InChI=1S/C14H13N3O2S/c1-10-8-13(6-5-12(10)9-15)20(18,19)17-14-4-3-7-16-11(14)2/h3-8,17H,1-2H3. The molecule has 6 heteroatoms. The SMILES string of the molecule is Cc1cc(S(=O)(=O)Nc2cccnc2C)ccc1C#N. The first-order valence-corrected chi connectivity index (χ1v) is 7.37. The first-order valence-electron chi connectivity index (χ1n) is 5.89. The molecule has 1 aromatic heterocycles. The molecule has 2 aromatic rings. The molecule has 0 spiro atoms. The Bertz CT molecular complexity index is 792. The Hall–Kier alpha value is -2.39. The molecule has 0 aliphatic heterocycles. The van der Waals surface area contributed by atoms with Gasteiger partial charge in [0.05, 0.1) is 27.9 Å². The van der Waals surface area contributed by atoms with Crippen LogP contribution >= 0.6 is 0 Å². The highest BCUT2D eigenvalue weighted by molar-refractivity contribution is 7.92. The van der Waals surface area contributed by atoms with Crippen molar-refractivity contribution < 1.29 is 8.42 Å². The van der Waals surface area contributed by atoms with E-state index in [9.17, 15) is 8.42 Å². The number of hydrogen-bond donors (Lipinski definition) is 1. The molecule has 0 amide bonds. The van der Waals surface area contributed by atoms with E-state index < -0.39 is 10.0 Å². The largest absolute Gasteiger partial charge is 0.278 e. The van der Waals surface area contributed by atoms with E-state index in [-0.39, 0.29) is 4.90 Å². The van der Waals surface area contributed by atoms with Gasteiger partial charge in [0.25, 0.3) is 10.0 Å². The smallest absolute Gasteiger partial charge is 0.261 e. The van der Waals surface area contributed by atoms with Crippen molar-refractivity contribution in [2.45, 2.75) is 18.7 Å². The van der Waals surface area contributed by atoms with Crippen LogP contribution in [0, 0.1) is 25.2 Å². The average molecular weight is 287 g/mol. The van der Waals surface area contributed by atoms with Gasteiger partial charge in [0.2, 0.25) is 0 Å². The van der Waals surface area contributed by atoms with Crippen LogP contribution in [0.5, 0.6) is 0 Å². The third-order valence-corrected chi connectivity index (χ3v) is 4.24. The lowest BCUT2D eigenvalue weighted by atomic mass is 10.1. The third-order valence-electron chi connectivity index (χ3n) is 2.88. The van der Waals surface area contributed by atoms with Gasteiger partial charge in [-0.15, -0.1) is 0 Å². The number of aryl methyl sites for hydroxylation is 2. The third kappa shape index (κ3) is 2.78. The molecule has 0 radical (unpaired) electrons. The zero-order chi connectivity index (χ0) is 14.8. The second-order valence-electron chi connectivity index (χ2n) is 4.33. The van der Waals surface area contributed by atoms with Crippen LogP contribution < -0.4 is 4.72 Å². The molecule has 0 aliphatic rings. The summed E-state index contributed by atoms with van der Waals surface area (Å²) in [7, 11) is -3.68. The lowest BCUT2D eigenvalue weighted by Gasteiger charge is -2.10. The summed E-state index contributed by atoms with van der Waals surface area (Å²) in [5.41, 5.74) is 2.12. The number of hydrogen-bond acceptors (Lipinski definition) is 4. The fourth-order valence-corrected chi connectivity index (χ4v) is 2.93. The number of benzene rings is 1. The molecule has 5 nitrogen and oxygen atoms in total. The Morgan fingerprint density at radius 2 is 2.00 bits per heavy atom. The summed E-state index contributed by atoms with van der Waals surface area (Å²) < 4.78 is 27.1. The lowest BCUT2D eigenvalue weighted by Crippen LogP contribution is -2.14. The Morgan fingerprint density at radius 3 is 2.60 bits per heavy atom. The Morgan fingerprint density at radius 1 is 1.25 bits per heavy atom. The number of sulfonamides is 1. The van der Waals surface area contributed by atoms with Crippen molar-refractivity contribution in [1.82, 2.24) is 4.98 Å². The van der Waals surface area contributed by atoms with Crippen LogP contribution in [0.25, 0.3) is 0 Å². The van der Waals surface area contributed by atoms with E-state index in [4.69, 9.17) is 5.26 Å². The quantitative estimate of drug-likeness (QED) is 0.939. The van der Waals surface area contributed by atoms with Gasteiger partial charge < -0.3 is 0 Å². The molecule has 0 aliphatic carbocycles. The van der Waals surface area contributed by atoms with Crippen molar-refractivity contribution in [3.8, 4) is 6.07 Å². The summed E-state index contributed by atoms with van der Waals surface area (Å²) >= 11 is 0. The summed E-state index contributed by atoms with van der Waals surface area (Å²) in [4.78, 5) is 4.15. The van der Waals surface area contributed by atoms with E-state index in [0.29, 0.717) is 22.5 Å². The first kappa shape index (κ1) is 14.0. The molecule has 20 heavy (non-hydrogen) atoms. The van der Waals surface area contributed by atoms with Crippen LogP contribution in [0.3, 0.4) is 0 Å². The van der Waals surface area contributed by atoms with Gasteiger partial charge in [0.15, 0.2) is 0 Å². The molecule has 1 heterocycles. The van der Waals surface area contributed by atoms with E-state index >= 15 is 0 Å². The Labute approximate surface area is 118 Å². The van der Waals surface area contributed by atoms with Crippen LogP contribution in [-0.4, -0.2) is 13.4 Å². The van der Waals surface area contributed by atoms with E-state index in [1.165, 1.54) is 18.2 Å². The number of nitrogens with one attached hydrogen (secondary N) is 1. The van der Waals surface area contributed by atoms with Crippen molar-refractivity contribution in [3.05, 3.63) is 53.3 Å². The Balaban J connectivity index is 2.39. The predicted octanol–water partition coefficient (Wildman–Crippen LogP) is 2.37. The maximum Gasteiger partial charge on any atom is 0.261 e. The van der Waals surface area contributed by atoms with E-state index in [0.717, 1.165) is 0 Å². The predicted molar refractivity (Wildman–Crippen MR) is 75.7 cm³/mol. The normalized spacial score (nSPS) is 10.8. The molecule has 0 unspecified atom stereocenters. The fraction of sp³-hybridized carbons (Fsp3) is 0.143. The van der Waals surface area contributed by atoms with Crippen LogP contribution in [-0.2, 0) is 10.0 Å². The molecule has 2 rings (SSSR count). The number of anilines is 1. The zero-order valence-corrected chi connectivity index (χ0v) is 11.9. The minimum Gasteiger partial charge on any atom is -0.278 e. The maximum absolute atomic E-state index is 12.3.